The number of aliphatic imine (C=N–C) groups is 1. The number of hydrogen-bond donors (Lipinski definition) is 0. The average Bonchev–Trinajstić information content (AvgIpc) is 2.27. The first kappa shape index (κ1) is 10.1. The van der Waals surface area contributed by atoms with Gasteiger partial charge in [-0.05, 0) is 74.3 Å². The van der Waals surface area contributed by atoms with Crippen molar-refractivity contribution < 1.29 is 0 Å². The van der Waals surface area contributed by atoms with E-state index in [4.69, 9.17) is 0 Å². The van der Waals surface area contributed by atoms with Crippen molar-refractivity contribution in [2.75, 3.05) is 0 Å². The van der Waals surface area contributed by atoms with Crippen LogP contribution in [0.15, 0.2) is 17.1 Å². The third kappa shape index (κ3) is 1.59. The average molecular weight is 213 g/mol. The van der Waals surface area contributed by atoms with Crippen molar-refractivity contribution in [1.29, 1.82) is 0 Å². The second-order valence-corrected chi connectivity index (χ2v) is 5.25. The van der Waals surface area contributed by atoms with Gasteiger partial charge in [-0.3, -0.25) is 4.99 Å². The molecule has 16 heavy (non-hydrogen) atoms. The predicted molar refractivity (Wildman–Crippen MR) is 68.5 cm³/mol. The zero-order valence-electron chi connectivity index (χ0n) is 10.2. The summed E-state index contributed by atoms with van der Waals surface area (Å²) in [5, 5.41) is 0. The smallest absolute Gasteiger partial charge is 0.0515 e. The lowest BCUT2D eigenvalue weighted by molar-refractivity contribution is 0.677. The van der Waals surface area contributed by atoms with Gasteiger partial charge in [-0.15, -0.1) is 0 Å². The van der Waals surface area contributed by atoms with Gasteiger partial charge in [-0.1, -0.05) is 6.07 Å². The lowest BCUT2D eigenvalue weighted by atomic mass is 9.84. The molecule has 1 heterocycles. The van der Waals surface area contributed by atoms with Gasteiger partial charge in [-0.2, -0.15) is 0 Å². The summed E-state index contributed by atoms with van der Waals surface area (Å²) in [6, 6.07) is 5.33. The zero-order valence-corrected chi connectivity index (χ0v) is 10.2. The first-order valence-electron chi connectivity index (χ1n) is 6.43. The van der Waals surface area contributed by atoms with Gasteiger partial charge in [0.1, 0.15) is 0 Å². The van der Waals surface area contributed by atoms with Gasteiger partial charge in [-0.25, -0.2) is 0 Å². The minimum atomic E-state index is 0.467. The Kier molecular flexibility index (Phi) is 2.34. The largest absolute Gasteiger partial charge is 0.286 e. The van der Waals surface area contributed by atoms with Crippen LogP contribution in [0.4, 0.5) is 0 Å². The normalized spacial score (nSPS) is 23.4. The molecule has 1 aliphatic carbocycles. The van der Waals surface area contributed by atoms with Crippen LogP contribution in [0.3, 0.4) is 0 Å². The first-order valence-corrected chi connectivity index (χ1v) is 6.43. The number of fused-ring (bicyclic) bond motifs is 2. The summed E-state index contributed by atoms with van der Waals surface area (Å²) in [6.45, 7) is 4.37. The SMILES string of the molecule is CC1=NC(C)Cc2cc3c(cc21)CCCC3. The molecule has 1 aromatic rings. The number of benzene rings is 1. The van der Waals surface area contributed by atoms with Gasteiger partial charge in [0.15, 0.2) is 0 Å². The van der Waals surface area contributed by atoms with Crippen molar-refractivity contribution in [3.05, 3.63) is 34.4 Å². The zero-order chi connectivity index (χ0) is 11.1. The van der Waals surface area contributed by atoms with Crippen LogP contribution in [-0.2, 0) is 19.3 Å². The molecule has 0 saturated heterocycles. The quantitative estimate of drug-likeness (QED) is 0.627. The van der Waals surface area contributed by atoms with Gasteiger partial charge in [0.25, 0.3) is 0 Å². The molecule has 0 spiro atoms. The van der Waals surface area contributed by atoms with Crippen LogP contribution in [0.2, 0.25) is 0 Å². The highest BCUT2D eigenvalue weighted by Gasteiger charge is 2.19. The van der Waals surface area contributed by atoms with E-state index in [0.29, 0.717) is 6.04 Å². The lowest BCUT2D eigenvalue weighted by Gasteiger charge is -2.24. The Balaban J connectivity index is 2.12. The van der Waals surface area contributed by atoms with E-state index in [2.05, 4.69) is 31.0 Å². The van der Waals surface area contributed by atoms with E-state index < -0.39 is 0 Å². The van der Waals surface area contributed by atoms with Crippen molar-refractivity contribution in [2.45, 2.75) is 52.0 Å². The van der Waals surface area contributed by atoms with E-state index in [0.717, 1.165) is 6.42 Å². The van der Waals surface area contributed by atoms with Crippen LogP contribution < -0.4 is 0 Å². The highest BCUT2D eigenvalue weighted by atomic mass is 14.8. The van der Waals surface area contributed by atoms with Crippen molar-refractivity contribution in [3.8, 4) is 0 Å². The molecule has 3 rings (SSSR count). The molecule has 0 radical (unpaired) electrons. The van der Waals surface area contributed by atoms with Crippen molar-refractivity contribution >= 4 is 5.71 Å². The molecule has 0 bridgehead atoms. The van der Waals surface area contributed by atoms with Crippen LogP contribution >= 0.6 is 0 Å². The molecule has 2 aliphatic rings. The number of aryl methyl sites for hydroxylation is 2. The Morgan fingerprint density at radius 3 is 2.50 bits per heavy atom. The van der Waals surface area contributed by atoms with Crippen molar-refractivity contribution in [1.82, 2.24) is 0 Å². The molecule has 1 nitrogen and oxygen atoms in total. The summed E-state index contributed by atoms with van der Waals surface area (Å²) < 4.78 is 0. The summed E-state index contributed by atoms with van der Waals surface area (Å²) in [4.78, 5) is 4.69. The maximum absolute atomic E-state index is 4.69. The molecule has 0 amide bonds. The monoisotopic (exact) mass is 213 g/mol. The van der Waals surface area contributed by atoms with Crippen LogP contribution in [0.1, 0.15) is 48.9 Å². The second kappa shape index (κ2) is 3.73. The fourth-order valence-electron chi connectivity index (χ4n) is 3.11. The molecule has 1 aromatic carbocycles. The molecule has 1 unspecified atom stereocenters. The fraction of sp³-hybridized carbons (Fsp3) is 0.533. The molecular weight excluding hydrogens is 194 g/mol. The van der Waals surface area contributed by atoms with Crippen molar-refractivity contribution in [2.24, 2.45) is 4.99 Å². The molecule has 0 saturated carbocycles. The molecular formula is C15H19N. The fourth-order valence-corrected chi connectivity index (χ4v) is 3.11. The molecule has 1 heteroatoms. The Bertz CT molecular complexity index is 457. The Morgan fingerprint density at radius 2 is 1.75 bits per heavy atom. The minimum Gasteiger partial charge on any atom is -0.286 e. The van der Waals surface area contributed by atoms with Crippen LogP contribution in [0.25, 0.3) is 0 Å². The maximum atomic E-state index is 4.69. The molecule has 0 aromatic heterocycles. The second-order valence-electron chi connectivity index (χ2n) is 5.25. The van der Waals surface area contributed by atoms with E-state index >= 15 is 0 Å². The number of hydrogen-bond acceptors (Lipinski definition) is 1. The van der Waals surface area contributed by atoms with Gasteiger partial charge in [0, 0.05) is 5.71 Å². The lowest BCUT2D eigenvalue weighted by Crippen LogP contribution is -2.18. The van der Waals surface area contributed by atoms with Crippen LogP contribution in [0.5, 0.6) is 0 Å². The van der Waals surface area contributed by atoms with E-state index in [1.807, 2.05) is 0 Å². The Morgan fingerprint density at radius 1 is 1.06 bits per heavy atom. The molecule has 1 atom stereocenters. The van der Waals surface area contributed by atoms with E-state index in [1.165, 1.54) is 42.5 Å². The third-order valence-corrected chi connectivity index (χ3v) is 3.89. The van der Waals surface area contributed by atoms with Crippen LogP contribution in [0, 0.1) is 0 Å². The minimum absolute atomic E-state index is 0.467. The van der Waals surface area contributed by atoms with Crippen molar-refractivity contribution in [3.63, 3.8) is 0 Å². The molecule has 0 N–H and O–H groups in total. The first-order chi connectivity index (χ1) is 7.74. The highest BCUT2D eigenvalue weighted by molar-refractivity contribution is 6.01. The summed E-state index contributed by atoms with van der Waals surface area (Å²) >= 11 is 0. The summed E-state index contributed by atoms with van der Waals surface area (Å²) in [5.74, 6) is 0. The van der Waals surface area contributed by atoms with Crippen LogP contribution in [-0.4, -0.2) is 11.8 Å². The Hall–Kier alpha value is -1.11. The molecule has 84 valence electrons. The van der Waals surface area contributed by atoms with Gasteiger partial charge in [0.05, 0.1) is 6.04 Å². The van der Waals surface area contributed by atoms with E-state index in [9.17, 15) is 0 Å². The van der Waals surface area contributed by atoms with E-state index in [-0.39, 0.29) is 0 Å². The predicted octanol–water partition coefficient (Wildman–Crippen LogP) is 3.32. The standard InChI is InChI=1S/C15H19N/c1-10-7-14-8-12-5-3-4-6-13(12)9-15(14)11(2)16-10/h8-10H,3-7H2,1-2H3. The van der Waals surface area contributed by atoms with E-state index in [1.54, 1.807) is 11.1 Å². The summed E-state index contributed by atoms with van der Waals surface area (Å²) in [7, 11) is 0. The summed E-state index contributed by atoms with van der Waals surface area (Å²) in [5.41, 5.74) is 7.36. The molecule has 0 fully saturated rings. The van der Waals surface area contributed by atoms with Gasteiger partial charge >= 0.3 is 0 Å². The third-order valence-electron chi connectivity index (χ3n) is 3.89. The number of rotatable bonds is 0. The maximum Gasteiger partial charge on any atom is 0.0515 e. The van der Waals surface area contributed by atoms with Gasteiger partial charge < -0.3 is 0 Å². The van der Waals surface area contributed by atoms with Gasteiger partial charge in [0.2, 0.25) is 0 Å². The Labute approximate surface area is 97.6 Å². The topological polar surface area (TPSA) is 12.4 Å². The molecule has 1 aliphatic heterocycles. The number of nitrogens with zero attached hydrogens (tertiary/aromatic N) is 1. The summed E-state index contributed by atoms with van der Waals surface area (Å²) in [6.07, 6.45) is 6.41. The highest BCUT2D eigenvalue weighted by Crippen LogP contribution is 2.28.